The van der Waals surface area contributed by atoms with Gasteiger partial charge in [-0.3, -0.25) is 4.79 Å². The van der Waals surface area contributed by atoms with Crippen LogP contribution in [-0.4, -0.2) is 5.78 Å². The van der Waals surface area contributed by atoms with Crippen LogP contribution in [-0.2, 0) is 6.61 Å². The first kappa shape index (κ1) is 13.9. The molecule has 2 nitrogen and oxygen atoms in total. The Labute approximate surface area is 121 Å². The van der Waals surface area contributed by atoms with Crippen LogP contribution in [0, 0.1) is 0 Å². The van der Waals surface area contributed by atoms with Gasteiger partial charge in [-0.25, -0.2) is 0 Å². The number of hydrogen-bond acceptors (Lipinski definition) is 2. The van der Waals surface area contributed by atoms with Crippen molar-refractivity contribution in [3.63, 3.8) is 0 Å². The fourth-order valence-electron chi connectivity index (χ4n) is 1.68. The van der Waals surface area contributed by atoms with Crippen LogP contribution < -0.4 is 4.74 Å². The van der Waals surface area contributed by atoms with E-state index in [1.54, 1.807) is 12.1 Å². The van der Waals surface area contributed by atoms with Gasteiger partial charge in [0.15, 0.2) is 11.5 Å². The second-order valence-electron chi connectivity index (χ2n) is 4.07. The molecule has 2 aromatic rings. The maximum absolute atomic E-state index is 11.6. The highest BCUT2D eigenvalue weighted by molar-refractivity contribution is 6.43. The Hall–Kier alpha value is -1.51. The van der Waals surface area contributed by atoms with Gasteiger partial charge in [-0.15, -0.1) is 0 Å². The summed E-state index contributed by atoms with van der Waals surface area (Å²) in [4.78, 5) is 11.6. The Morgan fingerprint density at radius 3 is 2.42 bits per heavy atom. The molecule has 2 aromatic carbocycles. The number of benzene rings is 2. The summed E-state index contributed by atoms with van der Waals surface area (Å²) in [7, 11) is 0. The van der Waals surface area contributed by atoms with Gasteiger partial charge in [0.1, 0.15) is 11.6 Å². The molecule has 98 valence electrons. The fraction of sp³-hybridized carbons (Fsp3) is 0.133. The van der Waals surface area contributed by atoms with Crippen LogP contribution in [0.15, 0.2) is 42.5 Å². The van der Waals surface area contributed by atoms with Crippen LogP contribution in [0.5, 0.6) is 5.75 Å². The minimum atomic E-state index is -0.110. The van der Waals surface area contributed by atoms with Crippen molar-refractivity contribution in [1.82, 2.24) is 0 Å². The molecule has 0 aliphatic rings. The molecule has 0 aliphatic carbocycles. The monoisotopic (exact) mass is 294 g/mol. The molecule has 4 heteroatoms. The third kappa shape index (κ3) is 3.28. The number of carbonyl (C=O) groups is 1. The first-order valence-corrected chi connectivity index (χ1v) is 6.51. The first-order valence-electron chi connectivity index (χ1n) is 5.75. The van der Waals surface area contributed by atoms with E-state index in [1.807, 2.05) is 30.3 Å². The molecule has 19 heavy (non-hydrogen) atoms. The largest absolute Gasteiger partial charge is 0.487 e. The van der Waals surface area contributed by atoms with Crippen LogP contribution in [0.4, 0.5) is 0 Å². The molecular formula is C15H12Cl2O2. The standard InChI is InChI=1S/C15H12Cl2O2/c1-10(18)12-7-8-13(16)14(17)15(12)19-9-11-5-3-2-4-6-11/h2-8H,9H2,1H3. The van der Waals surface area contributed by atoms with E-state index < -0.39 is 0 Å². The average molecular weight is 295 g/mol. The van der Waals surface area contributed by atoms with Crippen molar-refractivity contribution in [2.45, 2.75) is 13.5 Å². The van der Waals surface area contributed by atoms with Crippen molar-refractivity contribution < 1.29 is 9.53 Å². The zero-order chi connectivity index (χ0) is 13.8. The van der Waals surface area contributed by atoms with Gasteiger partial charge in [0.2, 0.25) is 0 Å². The second kappa shape index (κ2) is 6.09. The van der Waals surface area contributed by atoms with Crippen LogP contribution in [0.3, 0.4) is 0 Å². The average Bonchev–Trinajstić information content (AvgIpc) is 2.41. The number of halogens is 2. The summed E-state index contributed by atoms with van der Waals surface area (Å²) >= 11 is 12.0. The minimum absolute atomic E-state index is 0.110. The lowest BCUT2D eigenvalue weighted by atomic mass is 10.1. The summed E-state index contributed by atoms with van der Waals surface area (Å²) in [5.74, 6) is 0.229. The third-order valence-electron chi connectivity index (χ3n) is 2.66. The molecule has 0 saturated carbocycles. The van der Waals surface area contributed by atoms with E-state index in [2.05, 4.69) is 0 Å². The summed E-state index contributed by atoms with van der Waals surface area (Å²) in [6.07, 6.45) is 0. The molecule has 0 atom stereocenters. The summed E-state index contributed by atoms with van der Waals surface area (Å²) in [6.45, 7) is 1.80. The van der Waals surface area contributed by atoms with E-state index in [9.17, 15) is 4.79 Å². The van der Waals surface area contributed by atoms with E-state index in [-0.39, 0.29) is 10.8 Å². The molecule has 0 spiro atoms. The molecule has 0 amide bonds. The highest BCUT2D eigenvalue weighted by Gasteiger charge is 2.15. The Morgan fingerprint density at radius 2 is 1.79 bits per heavy atom. The van der Waals surface area contributed by atoms with Crippen molar-refractivity contribution in [3.05, 3.63) is 63.6 Å². The van der Waals surface area contributed by atoms with Crippen LogP contribution in [0.25, 0.3) is 0 Å². The molecular weight excluding hydrogens is 283 g/mol. The summed E-state index contributed by atoms with van der Waals surface area (Å²) < 4.78 is 5.66. The Kier molecular flexibility index (Phi) is 4.46. The Balaban J connectivity index is 2.28. The normalized spacial score (nSPS) is 10.3. The van der Waals surface area contributed by atoms with Crippen LogP contribution in [0.1, 0.15) is 22.8 Å². The molecule has 2 rings (SSSR count). The van der Waals surface area contributed by atoms with Crippen molar-refractivity contribution in [1.29, 1.82) is 0 Å². The molecule has 0 fully saturated rings. The van der Waals surface area contributed by atoms with Crippen LogP contribution >= 0.6 is 23.2 Å². The predicted molar refractivity (Wildman–Crippen MR) is 77.2 cm³/mol. The van der Waals surface area contributed by atoms with E-state index >= 15 is 0 Å². The molecule has 0 saturated heterocycles. The predicted octanol–water partition coefficient (Wildman–Crippen LogP) is 4.78. The van der Waals surface area contributed by atoms with Crippen molar-refractivity contribution >= 4 is 29.0 Å². The summed E-state index contributed by atoms with van der Waals surface area (Å²) in [5, 5.41) is 0.639. The number of Topliss-reactive ketones (excluding diaryl/α,β-unsaturated/α-hetero) is 1. The van der Waals surface area contributed by atoms with Crippen molar-refractivity contribution in [3.8, 4) is 5.75 Å². The SMILES string of the molecule is CC(=O)c1ccc(Cl)c(Cl)c1OCc1ccccc1. The lowest BCUT2D eigenvalue weighted by Gasteiger charge is -2.12. The van der Waals surface area contributed by atoms with Gasteiger partial charge in [0.25, 0.3) is 0 Å². The van der Waals surface area contributed by atoms with Gasteiger partial charge in [-0.1, -0.05) is 53.5 Å². The maximum atomic E-state index is 11.6. The molecule has 0 bridgehead atoms. The quantitative estimate of drug-likeness (QED) is 0.759. The Morgan fingerprint density at radius 1 is 1.11 bits per heavy atom. The molecule has 0 heterocycles. The lowest BCUT2D eigenvalue weighted by Crippen LogP contribution is -2.02. The van der Waals surface area contributed by atoms with Crippen molar-refractivity contribution in [2.24, 2.45) is 0 Å². The summed E-state index contributed by atoms with van der Waals surface area (Å²) in [6, 6.07) is 12.9. The lowest BCUT2D eigenvalue weighted by molar-refractivity contribution is 0.101. The number of ether oxygens (including phenoxy) is 1. The number of ketones is 1. The molecule has 0 aromatic heterocycles. The minimum Gasteiger partial charge on any atom is -0.487 e. The van der Waals surface area contributed by atoms with Gasteiger partial charge in [0.05, 0.1) is 10.6 Å². The zero-order valence-corrected chi connectivity index (χ0v) is 11.8. The van der Waals surface area contributed by atoms with E-state index in [0.717, 1.165) is 5.56 Å². The fourth-order valence-corrected chi connectivity index (χ4v) is 2.05. The van der Waals surface area contributed by atoms with E-state index in [1.165, 1.54) is 6.92 Å². The van der Waals surface area contributed by atoms with E-state index in [0.29, 0.717) is 22.9 Å². The Bertz CT molecular complexity index is 595. The molecule has 0 aliphatic heterocycles. The maximum Gasteiger partial charge on any atom is 0.163 e. The van der Waals surface area contributed by atoms with Gasteiger partial charge in [0, 0.05) is 0 Å². The van der Waals surface area contributed by atoms with Gasteiger partial charge < -0.3 is 4.74 Å². The van der Waals surface area contributed by atoms with E-state index in [4.69, 9.17) is 27.9 Å². The molecule has 0 radical (unpaired) electrons. The van der Waals surface area contributed by atoms with Crippen LogP contribution in [0.2, 0.25) is 10.0 Å². The number of rotatable bonds is 4. The highest BCUT2D eigenvalue weighted by atomic mass is 35.5. The summed E-state index contributed by atoms with van der Waals surface area (Å²) in [5.41, 5.74) is 1.43. The topological polar surface area (TPSA) is 26.3 Å². The van der Waals surface area contributed by atoms with Crippen molar-refractivity contribution in [2.75, 3.05) is 0 Å². The smallest absolute Gasteiger partial charge is 0.163 e. The second-order valence-corrected chi connectivity index (χ2v) is 4.85. The zero-order valence-electron chi connectivity index (χ0n) is 10.3. The first-order chi connectivity index (χ1) is 9.09. The van der Waals surface area contributed by atoms with Gasteiger partial charge in [-0.2, -0.15) is 0 Å². The number of carbonyl (C=O) groups excluding carboxylic acids is 1. The highest BCUT2D eigenvalue weighted by Crippen LogP contribution is 2.35. The van der Waals surface area contributed by atoms with Gasteiger partial charge >= 0.3 is 0 Å². The molecule has 0 N–H and O–H groups in total. The number of hydrogen-bond donors (Lipinski definition) is 0. The molecule has 0 unspecified atom stereocenters. The van der Waals surface area contributed by atoms with Gasteiger partial charge in [-0.05, 0) is 24.6 Å². The third-order valence-corrected chi connectivity index (χ3v) is 3.44.